The number of nitrogens with zero attached hydrogens (tertiary/aromatic N) is 1. The number of benzene rings is 2. The van der Waals surface area contributed by atoms with E-state index in [0.29, 0.717) is 24.5 Å². The highest BCUT2D eigenvalue weighted by molar-refractivity contribution is 7.89. The zero-order chi connectivity index (χ0) is 21.9. The summed E-state index contributed by atoms with van der Waals surface area (Å²) in [5.41, 5.74) is 2.37. The Morgan fingerprint density at radius 1 is 1.13 bits per heavy atom. The number of carbonyl (C=O) groups excluding carboxylic acids is 1. The van der Waals surface area contributed by atoms with Crippen LogP contribution in [0, 0.1) is 6.92 Å². The Kier molecular flexibility index (Phi) is 6.80. The largest absolute Gasteiger partial charge is 0.496 e. The molecule has 162 valence electrons. The van der Waals surface area contributed by atoms with Crippen molar-refractivity contribution in [1.82, 2.24) is 4.31 Å². The number of anilines is 1. The van der Waals surface area contributed by atoms with Crippen LogP contribution in [0.2, 0.25) is 0 Å². The number of ether oxygens (including phenoxy) is 2. The quantitative estimate of drug-likeness (QED) is 0.759. The molecule has 0 aromatic heterocycles. The first-order valence-corrected chi connectivity index (χ1v) is 11.3. The Labute approximate surface area is 178 Å². The molecule has 0 spiro atoms. The van der Waals surface area contributed by atoms with Crippen molar-refractivity contribution in [3.05, 3.63) is 53.6 Å². The van der Waals surface area contributed by atoms with Crippen molar-refractivity contribution in [2.45, 2.75) is 44.3 Å². The molecule has 3 rings (SSSR count). The first-order chi connectivity index (χ1) is 14.2. The maximum absolute atomic E-state index is 12.9. The predicted octanol–water partition coefficient (Wildman–Crippen LogP) is 2.98. The summed E-state index contributed by atoms with van der Waals surface area (Å²) in [6.07, 6.45) is -0.143. The minimum Gasteiger partial charge on any atom is -0.496 e. The lowest BCUT2D eigenvalue weighted by Crippen LogP contribution is -2.48. The highest BCUT2D eigenvalue weighted by Gasteiger charge is 2.32. The number of nitrogens with one attached hydrogen (secondary N) is 1. The van der Waals surface area contributed by atoms with Crippen LogP contribution in [0.3, 0.4) is 0 Å². The average molecular weight is 433 g/mol. The molecule has 1 heterocycles. The van der Waals surface area contributed by atoms with Crippen LogP contribution in [0.4, 0.5) is 5.69 Å². The Bertz CT molecular complexity index is 995. The topological polar surface area (TPSA) is 84.9 Å². The van der Waals surface area contributed by atoms with Crippen LogP contribution in [0.1, 0.15) is 25.0 Å². The number of morpholine rings is 1. The van der Waals surface area contributed by atoms with Gasteiger partial charge >= 0.3 is 0 Å². The number of hydrogen-bond acceptors (Lipinski definition) is 5. The number of carbonyl (C=O) groups is 1. The molecular weight excluding hydrogens is 404 g/mol. The molecule has 7 nitrogen and oxygen atoms in total. The minimum atomic E-state index is -3.61. The Morgan fingerprint density at radius 3 is 2.37 bits per heavy atom. The van der Waals surface area contributed by atoms with Gasteiger partial charge in [-0.05, 0) is 51.1 Å². The molecule has 1 saturated heterocycles. The number of sulfonamides is 1. The fourth-order valence-electron chi connectivity index (χ4n) is 3.61. The molecule has 1 amide bonds. The van der Waals surface area contributed by atoms with Crippen molar-refractivity contribution in [2.75, 3.05) is 25.5 Å². The summed E-state index contributed by atoms with van der Waals surface area (Å²) < 4.78 is 38.2. The van der Waals surface area contributed by atoms with Crippen molar-refractivity contribution in [2.24, 2.45) is 0 Å². The molecule has 0 radical (unpaired) electrons. The third-order valence-electron chi connectivity index (χ3n) is 4.95. The molecule has 2 aromatic carbocycles. The Balaban J connectivity index is 1.68. The standard InChI is InChI=1S/C22H28N2O5S/c1-15-5-10-21(28-4)18(11-15)12-22(25)23-19-6-8-20(9-7-19)30(26,27)24-13-16(2)29-17(3)14-24/h5-11,16-17H,12-14H2,1-4H3,(H,23,25)/t16-,17-/m1/s1. The number of rotatable bonds is 6. The predicted molar refractivity (Wildman–Crippen MR) is 115 cm³/mol. The average Bonchev–Trinajstić information content (AvgIpc) is 2.68. The lowest BCUT2D eigenvalue weighted by Gasteiger charge is -2.34. The molecular formula is C22H28N2O5S. The van der Waals surface area contributed by atoms with Crippen molar-refractivity contribution in [3.8, 4) is 5.75 Å². The van der Waals surface area contributed by atoms with E-state index >= 15 is 0 Å². The van der Waals surface area contributed by atoms with Gasteiger partial charge in [0.1, 0.15) is 5.75 Å². The molecule has 1 aliphatic heterocycles. The van der Waals surface area contributed by atoms with E-state index in [1.165, 1.54) is 16.4 Å². The minimum absolute atomic E-state index is 0.152. The molecule has 2 aromatic rings. The van der Waals surface area contributed by atoms with Crippen LogP contribution in [0.25, 0.3) is 0 Å². The lowest BCUT2D eigenvalue weighted by molar-refractivity contribution is -0.115. The third kappa shape index (κ3) is 5.19. The fourth-order valence-corrected chi connectivity index (χ4v) is 5.20. The third-order valence-corrected chi connectivity index (χ3v) is 6.79. The van der Waals surface area contributed by atoms with E-state index in [0.717, 1.165) is 11.1 Å². The van der Waals surface area contributed by atoms with Crippen molar-refractivity contribution >= 4 is 21.6 Å². The van der Waals surface area contributed by atoms with Crippen molar-refractivity contribution in [3.63, 3.8) is 0 Å². The fraction of sp³-hybridized carbons (Fsp3) is 0.409. The molecule has 0 unspecified atom stereocenters. The number of hydrogen-bond donors (Lipinski definition) is 1. The van der Waals surface area contributed by atoms with E-state index in [1.54, 1.807) is 19.2 Å². The maximum atomic E-state index is 12.9. The number of methoxy groups -OCH3 is 1. The molecule has 1 fully saturated rings. The van der Waals surface area contributed by atoms with Crippen LogP contribution >= 0.6 is 0 Å². The van der Waals surface area contributed by atoms with Crippen LogP contribution in [-0.2, 0) is 26.0 Å². The van der Waals surface area contributed by atoms with Crippen molar-refractivity contribution in [1.29, 1.82) is 0 Å². The molecule has 0 saturated carbocycles. The molecule has 8 heteroatoms. The van der Waals surface area contributed by atoms with E-state index in [1.807, 2.05) is 39.0 Å². The Hall–Kier alpha value is -2.42. The van der Waals surface area contributed by atoms with E-state index in [9.17, 15) is 13.2 Å². The number of amides is 1. The summed E-state index contributed by atoms with van der Waals surface area (Å²) in [6, 6.07) is 11.9. The van der Waals surface area contributed by atoms with Gasteiger partial charge in [0, 0.05) is 24.3 Å². The summed E-state index contributed by atoms with van der Waals surface area (Å²) in [5, 5.41) is 2.81. The van der Waals surface area contributed by atoms with Gasteiger partial charge < -0.3 is 14.8 Å². The van der Waals surface area contributed by atoms with E-state index in [4.69, 9.17) is 9.47 Å². The maximum Gasteiger partial charge on any atom is 0.243 e. The van der Waals surface area contributed by atoms with Gasteiger partial charge in [-0.1, -0.05) is 17.7 Å². The lowest BCUT2D eigenvalue weighted by atomic mass is 10.1. The van der Waals surface area contributed by atoms with E-state index in [2.05, 4.69) is 5.32 Å². The summed E-state index contributed by atoms with van der Waals surface area (Å²) in [4.78, 5) is 12.7. The summed E-state index contributed by atoms with van der Waals surface area (Å²) in [6.45, 7) is 6.32. The molecule has 1 aliphatic rings. The summed E-state index contributed by atoms with van der Waals surface area (Å²) in [5.74, 6) is 0.455. The first-order valence-electron chi connectivity index (χ1n) is 9.88. The van der Waals surface area contributed by atoms with Crippen LogP contribution in [0.5, 0.6) is 5.75 Å². The summed E-state index contributed by atoms with van der Waals surface area (Å²) >= 11 is 0. The molecule has 1 N–H and O–H groups in total. The van der Waals surface area contributed by atoms with Crippen LogP contribution < -0.4 is 10.1 Å². The second-order valence-electron chi connectivity index (χ2n) is 7.64. The van der Waals surface area contributed by atoms with Crippen molar-refractivity contribution < 1.29 is 22.7 Å². The van der Waals surface area contributed by atoms with Gasteiger partial charge in [-0.15, -0.1) is 0 Å². The van der Waals surface area contributed by atoms with Gasteiger partial charge in [-0.3, -0.25) is 4.79 Å². The molecule has 30 heavy (non-hydrogen) atoms. The van der Waals surface area contributed by atoms with Gasteiger partial charge in [0.15, 0.2) is 0 Å². The van der Waals surface area contributed by atoms with E-state index in [-0.39, 0.29) is 29.4 Å². The van der Waals surface area contributed by atoms with E-state index < -0.39 is 10.0 Å². The van der Waals surface area contributed by atoms with Gasteiger partial charge in [0.2, 0.25) is 15.9 Å². The first kappa shape index (κ1) is 22.3. The second-order valence-corrected chi connectivity index (χ2v) is 9.58. The molecule has 2 atom stereocenters. The SMILES string of the molecule is COc1ccc(C)cc1CC(=O)Nc1ccc(S(=O)(=O)N2C[C@@H](C)O[C@H](C)C2)cc1. The molecule has 0 aliphatic carbocycles. The van der Waals surface area contributed by atoms with Crippen LogP contribution in [0.15, 0.2) is 47.4 Å². The van der Waals surface area contributed by atoms with Gasteiger partial charge in [0.25, 0.3) is 0 Å². The zero-order valence-electron chi connectivity index (χ0n) is 17.7. The second kappa shape index (κ2) is 9.16. The molecule has 0 bridgehead atoms. The smallest absolute Gasteiger partial charge is 0.243 e. The highest BCUT2D eigenvalue weighted by Crippen LogP contribution is 2.23. The van der Waals surface area contributed by atoms with Gasteiger partial charge in [0.05, 0.1) is 30.6 Å². The normalized spacial score (nSPS) is 20.0. The zero-order valence-corrected chi connectivity index (χ0v) is 18.5. The summed E-state index contributed by atoms with van der Waals surface area (Å²) in [7, 11) is -2.04. The van der Waals surface area contributed by atoms with Gasteiger partial charge in [-0.25, -0.2) is 8.42 Å². The van der Waals surface area contributed by atoms with Crippen LogP contribution in [-0.4, -0.2) is 51.0 Å². The highest BCUT2D eigenvalue weighted by atomic mass is 32.2. The monoisotopic (exact) mass is 432 g/mol. The number of aryl methyl sites for hydroxylation is 1. The Morgan fingerprint density at radius 2 is 1.77 bits per heavy atom. The van der Waals surface area contributed by atoms with Gasteiger partial charge in [-0.2, -0.15) is 4.31 Å².